The van der Waals surface area contributed by atoms with Crippen LogP contribution in [0.25, 0.3) is 0 Å². The van der Waals surface area contributed by atoms with E-state index in [0.29, 0.717) is 38.2 Å². The van der Waals surface area contributed by atoms with Gasteiger partial charge in [-0.15, -0.1) is 0 Å². The third kappa shape index (κ3) is 5.15. The lowest BCUT2D eigenvalue weighted by molar-refractivity contribution is -0.126. The molecule has 2 heterocycles. The number of likely N-dealkylation sites (tertiary alicyclic amines) is 1. The van der Waals surface area contributed by atoms with Crippen LogP contribution in [0, 0.1) is 5.92 Å². The van der Waals surface area contributed by atoms with E-state index in [0.717, 1.165) is 19.5 Å². The summed E-state index contributed by atoms with van der Waals surface area (Å²) in [7, 11) is 0. The van der Waals surface area contributed by atoms with Gasteiger partial charge in [0.05, 0.1) is 6.26 Å². The zero-order chi connectivity index (χ0) is 19.8. The number of benzene rings is 1. The van der Waals surface area contributed by atoms with E-state index in [1.54, 1.807) is 17.0 Å². The molecule has 1 N–H and O–H groups in total. The number of anilines is 1. The second-order valence-corrected chi connectivity index (χ2v) is 7.10. The Kier molecular flexibility index (Phi) is 7.12. The molecule has 1 aromatic carbocycles. The van der Waals surface area contributed by atoms with Crippen molar-refractivity contribution in [1.29, 1.82) is 0 Å². The largest absolute Gasteiger partial charge is 0.459 e. The number of hydrogen-bond acceptors (Lipinski definition) is 4. The molecule has 28 heavy (non-hydrogen) atoms. The van der Waals surface area contributed by atoms with E-state index < -0.39 is 0 Å². The quantitative estimate of drug-likeness (QED) is 0.711. The number of carbonyl (C=O) groups excluding carboxylic acids is 2. The maximum atomic E-state index is 12.4. The molecule has 150 valence electrons. The normalized spacial score (nSPS) is 14.7. The molecule has 2 aromatic rings. The van der Waals surface area contributed by atoms with Gasteiger partial charge in [-0.05, 0) is 50.5 Å². The minimum atomic E-state index is -0.0931. The fourth-order valence-electron chi connectivity index (χ4n) is 3.64. The molecule has 2 amide bonds. The Morgan fingerprint density at radius 2 is 1.89 bits per heavy atom. The SMILES string of the molecule is CCN(CCCNC(=O)C1CCN(C(=O)c2ccco2)CC1)c1ccccc1. The summed E-state index contributed by atoms with van der Waals surface area (Å²) in [5.74, 6) is 0.358. The lowest BCUT2D eigenvalue weighted by Gasteiger charge is -2.30. The Balaban J connectivity index is 1.36. The highest BCUT2D eigenvalue weighted by Crippen LogP contribution is 2.19. The van der Waals surface area contributed by atoms with Crippen LogP contribution in [-0.2, 0) is 4.79 Å². The smallest absolute Gasteiger partial charge is 0.289 e. The molecule has 6 nitrogen and oxygen atoms in total. The number of hydrogen-bond donors (Lipinski definition) is 1. The van der Waals surface area contributed by atoms with Crippen LogP contribution < -0.4 is 10.2 Å². The first-order valence-electron chi connectivity index (χ1n) is 10.1. The molecule has 0 aliphatic carbocycles. The lowest BCUT2D eigenvalue weighted by Crippen LogP contribution is -2.43. The molecular weight excluding hydrogens is 354 g/mol. The molecule has 1 aliphatic heterocycles. The van der Waals surface area contributed by atoms with Crippen LogP contribution in [0.3, 0.4) is 0 Å². The summed E-state index contributed by atoms with van der Waals surface area (Å²) in [6, 6.07) is 13.7. The Labute approximate surface area is 166 Å². The van der Waals surface area contributed by atoms with Crippen molar-refractivity contribution < 1.29 is 14.0 Å². The van der Waals surface area contributed by atoms with Gasteiger partial charge in [-0.3, -0.25) is 9.59 Å². The highest BCUT2D eigenvalue weighted by molar-refractivity contribution is 5.91. The Bertz CT molecular complexity index is 738. The summed E-state index contributed by atoms with van der Waals surface area (Å²) >= 11 is 0. The number of piperidine rings is 1. The maximum absolute atomic E-state index is 12.4. The van der Waals surface area contributed by atoms with Crippen LogP contribution in [0.5, 0.6) is 0 Å². The van der Waals surface area contributed by atoms with Crippen molar-refractivity contribution in [3.05, 3.63) is 54.5 Å². The molecule has 0 saturated carbocycles. The predicted octanol–water partition coefficient (Wildman–Crippen LogP) is 3.16. The molecule has 6 heteroatoms. The zero-order valence-electron chi connectivity index (χ0n) is 16.5. The van der Waals surface area contributed by atoms with Gasteiger partial charge in [0.2, 0.25) is 5.91 Å². The van der Waals surface area contributed by atoms with Crippen molar-refractivity contribution in [3.8, 4) is 0 Å². The summed E-state index contributed by atoms with van der Waals surface area (Å²) in [5.41, 5.74) is 1.21. The average molecular weight is 383 g/mol. The molecule has 3 rings (SSSR count). The van der Waals surface area contributed by atoms with Gasteiger partial charge in [0, 0.05) is 44.3 Å². The molecule has 0 bridgehead atoms. The van der Waals surface area contributed by atoms with Crippen LogP contribution in [0.4, 0.5) is 5.69 Å². The number of rotatable bonds is 8. The number of carbonyl (C=O) groups is 2. The standard InChI is InChI=1S/C22H29N3O3/c1-2-24(19-8-4-3-5-9-19)14-7-13-23-21(26)18-11-15-25(16-12-18)22(27)20-10-6-17-28-20/h3-6,8-10,17-18H,2,7,11-16H2,1H3,(H,23,26). The van der Waals surface area contributed by atoms with E-state index in [-0.39, 0.29) is 17.7 Å². The highest BCUT2D eigenvalue weighted by atomic mass is 16.3. The summed E-state index contributed by atoms with van der Waals surface area (Å²) in [6.45, 7) is 5.86. The molecular formula is C22H29N3O3. The third-order valence-corrected chi connectivity index (χ3v) is 5.29. The minimum Gasteiger partial charge on any atom is -0.459 e. The summed E-state index contributed by atoms with van der Waals surface area (Å²) < 4.78 is 5.17. The Hall–Kier alpha value is -2.76. The van der Waals surface area contributed by atoms with Gasteiger partial charge in [0.25, 0.3) is 5.91 Å². The molecule has 1 saturated heterocycles. The molecule has 0 radical (unpaired) electrons. The van der Waals surface area contributed by atoms with E-state index in [4.69, 9.17) is 4.42 Å². The lowest BCUT2D eigenvalue weighted by atomic mass is 9.95. The number of nitrogens with one attached hydrogen (secondary N) is 1. The molecule has 0 spiro atoms. The van der Waals surface area contributed by atoms with E-state index in [9.17, 15) is 9.59 Å². The van der Waals surface area contributed by atoms with Crippen LogP contribution in [-0.4, -0.2) is 49.4 Å². The van der Waals surface area contributed by atoms with Gasteiger partial charge >= 0.3 is 0 Å². The van der Waals surface area contributed by atoms with Gasteiger partial charge in [0.1, 0.15) is 0 Å². The van der Waals surface area contributed by atoms with Crippen molar-refractivity contribution in [2.24, 2.45) is 5.92 Å². The Morgan fingerprint density at radius 1 is 1.14 bits per heavy atom. The summed E-state index contributed by atoms with van der Waals surface area (Å²) in [5, 5.41) is 3.07. The highest BCUT2D eigenvalue weighted by Gasteiger charge is 2.28. The van der Waals surface area contributed by atoms with Gasteiger partial charge in [0.15, 0.2) is 5.76 Å². The fraction of sp³-hybridized carbons (Fsp3) is 0.455. The van der Waals surface area contributed by atoms with Crippen LogP contribution >= 0.6 is 0 Å². The first-order chi connectivity index (χ1) is 13.7. The molecule has 0 atom stereocenters. The number of nitrogens with zero attached hydrogens (tertiary/aromatic N) is 2. The van der Waals surface area contributed by atoms with Crippen molar-refractivity contribution in [1.82, 2.24) is 10.2 Å². The Morgan fingerprint density at radius 3 is 2.54 bits per heavy atom. The van der Waals surface area contributed by atoms with Gasteiger partial charge in [-0.2, -0.15) is 0 Å². The van der Waals surface area contributed by atoms with Crippen molar-refractivity contribution in [2.45, 2.75) is 26.2 Å². The predicted molar refractivity (Wildman–Crippen MR) is 109 cm³/mol. The first kappa shape index (κ1) is 20.0. The monoisotopic (exact) mass is 383 g/mol. The fourth-order valence-corrected chi connectivity index (χ4v) is 3.64. The van der Waals surface area contributed by atoms with Crippen molar-refractivity contribution in [3.63, 3.8) is 0 Å². The average Bonchev–Trinajstić information content (AvgIpc) is 3.29. The van der Waals surface area contributed by atoms with E-state index >= 15 is 0 Å². The van der Waals surface area contributed by atoms with Crippen LogP contribution in [0.15, 0.2) is 53.1 Å². The number of furan rings is 1. The molecule has 0 unspecified atom stereocenters. The van der Waals surface area contributed by atoms with E-state index in [1.165, 1.54) is 12.0 Å². The van der Waals surface area contributed by atoms with Crippen molar-refractivity contribution >= 4 is 17.5 Å². The number of amides is 2. The molecule has 1 aliphatic rings. The van der Waals surface area contributed by atoms with Crippen molar-refractivity contribution in [2.75, 3.05) is 37.6 Å². The van der Waals surface area contributed by atoms with Gasteiger partial charge < -0.3 is 19.5 Å². The number of para-hydroxylation sites is 1. The summed E-state index contributed by atoms with van der Waals surface area (Å²) in [4.78, 5) is 28.8. The minimum absolute atomic E-state index is 0.0166. The molecule has 1 aromatic heterocycles. The second-order valence-electron chi connectivity index (χ2n) is 7.10. The van der Waals surface area contributed by atoms with E-state index in [1.807, 2.05) is 18.2 Å². The van der Waals surface area contributed by atoms with Gasteiger partial charge in [-0.1, -0.05) is 18.2 Å². The first-order valence-corrected chi connectivity index (χ1v) is 10.1. The van der Waals surface area contributed by atoms with Gasteiger partial charge in [-0.25, -0.2) is 0 Å². The zero-order valence-corrected chi connectivity index (χ0v) is 16.5. The van der Waals surface area contributed by atoms with Crippen LogP contribution in [0.1, 0.15) is 36.7 Å². The molecule has 1 fully saturated rings. The summed E-state index contributed by atoms with van der Waals surface area (Å²) in [6.07, 6.45) is 3.81. The van der Waals surface area contributed by atoms with E-state index in [2.05, 4.69) is 29.3 Å². The third-order valence-electron chi connectivity index (χ3n) is 5.29. The topological polar surface area (TPSA) is 65.8 Å². The van der Waals surface area contributed by atoms with Crippen LogP contribution in [0.2, 0.25) is 0 Å². The maximum Gasteiger partial charge on any atom is 0.289 e. The second kappa shape index (κ2) is 9.97.